The standard InChI is InChI=1S/C17H16NO.3C2H6.CH3.2Y/c1-12-18-11-14-7-6-13-4-2-3-5-16(13)17(14)10-15(18)8-9-19-12;3*1-2;;;/h2-7,10-12H,8-9H2,1H3;3*1-2H3;1H3;;/q+1;;;;-1;;. The Labute approximate surface area is 223 Å². The number of nitrogens with zero attached hydrogens (tertiary/aromatic N) is 1. The summed E-state index contributed by atoms with van der Waals surface area (Å²) >= 11 is 0. The number of fused-ring (bicyclic) bond motifs is 4. The third kappa shape index (κ3) is 7.84. The van der Waals surface area contributed by atoms with Crippen molar-refractivity contribution in [2.45, 2.75) is 61.1 Å². The van der Waals surface area contributed by atoms with E-state index in [0.717, 1.165) is 13.0 Å². The molecule has 28 heavy (non-hydrogen) atoms. The van der Waals surface area contributed by atoms with Gasteiger partial charge in [0.15, 0.2) is 11.9 Å². The van der Waals surface area contributed by atoms with Crippen LogP contribution in [-0.4, -0.2) is 6.61 Å². The molecule has 1 aromatic heterocycles. The molecule has 2 nitrogen and oxygen atoms in total. The van der Waals surface area contributed by atoms with Crippen molar-refractivity contribution < 1.29 is 74.7 Å². The molecule has 150 valence electrons. The van der Waals surface area contributed by atoms with E-state index in [-0.39, 0.29) is 79.1 Å². The zero-order chi connectivity index (χ0) is 18.8. The van der Waals surface area contributed by atoms with Gasteiger partial charge in [-0.25, -0.2) is 0 Å². The number of hydrogen-bond acceptors (Lipinski definition) is 1. The summed E-state index contributed by atoms with van der Waals surface area (Å²) in [5, 5.41) is 5.26. The zero-order valence-electron chi connectivity index (χ0n) is 19.1. The van der Waals surface area contributed by atoms with Crippen molar-refractivity contribution in [3.05, 3.63) is 61.8 Å². The van der Waals surface area contributed by atoms with Gasteiger partial charge < -0.3 is 12.2 Å². The van der Waals surface area contributed by atoms with E-state index in [1.807, 2.05) is 41.5 Å². The first-order valence-corrected chi connectivity index (χ1v) is 9.80. The monoisotopic (exact) mass is 533 g/mol. The maximum Gasteiger partial charge on any atom is 0.259 e. The number of hydrogen-bond donors (Lipinski definition) is 0. The van der Waals surface area contributed by atoms with Crippen LogP contribution < -0.4 is 4.57 Å². The van der Waals surface area contributed by atoms with Crippen molar-refractivity contribution in [3.63, 3.8) is 0 Å². The van der Waals surface area contributed by atoms with Crippen LogP contribution in [0.5, 0.6) is 0 Å². The topological polar surface area (TPSA) is 13.1 Å². The van der Waals surface area contributed by atoms with Gasteiger partial charge in [-0.3, -0.25) is 0 Å². The molecule has 1 aliphatic heterocycles. The number of rotatable bonds is 0. The third-order valence-electron chi connectivity index (χ3n) is 4.03. The van der Waals surface area contributed by atoms with Gasteiger partial charge in [0.25, 0.3) is 6.23 Å². The molecule has 1 unspecified atom stereocenters. The molecule has 4 rings (SSSR count). The molecule has 0 aliphatic carbocycles. The average molecular weight is 533 g/mol. The SMILES string of the molecule is CC.CC.CC.CC1OCCc2cc3c(ccc4ccccc43)c[n+]21.[CH3-].[Y].[Y]. The normalized spacial score (nSPS) is 13.3. The van der Waals surface area contributed by atoms with Crippen LogP contribution in [0.15, 0.2) is 48.7 Å². The quantitative estimate of drug-likeness (QED) is 0.174. The molecule has 1 atom stereocenters. The summed E-state index contributed by atoms with van der Waals surface area (Å²) < 4.78 is 7.95. The largest absolute Gasteiger partial charge is 0.358 e. The maximum atomic E-state index is 5.70. The maximum absolute atomic E-state index is 5.70. The molecule has 0 saturated heterocycles. The first kappa shape index (κ1) is 32.9. The fourth-order valence-corrected chi connectivity index (χ4v) is 3.01. The van der Waals surface area contributed by atoms with Gasteiger partial charge in [-0.1, -0.05) is 71.9 Å². The zero-order valence-corrected chi connectivity index (χ0v) is 24.8. The minimum absolute atomic E-state index is 0. The molecule has 0 saturated carbocycles. The minimum atomic E-state index is 0. The molecule has 2 aromatic carbocycles. The van der Waals surface area contributed by atoms with E-state index in [2.05, 4.69) is 60.2 Å². The van der Waals surface area contributed by atoms with Crippen molar-refractivity contribution in [1.29, 1.82) is 0 Å². The van der Waals surface area contributed by atoms with Gasteiger partial charge in [0.2, 0.25) is 0 Å². The smallest absolute Gasteiger partial charge is 0.259 e. The summed E-state index contributed by atoms with van der Waals surface area (Å²) in [4.78, 5) is 0. The third-order valence-corrected chi connectivity index (χ3v) is 4.03. The molecular weight excluding hydrogens is 496 g/mol. The Hall–Kier alpha value is 0.278. The Balaban J connectivity index is -0.000000640. The van der Waals surface area contributed by atoms with Crippen LogP contribution in [0.25, 0.3) is 21.5 Å². The first-order chi connectivity index (χ1) is 12.3. The van der Waals surface area contributed by atoms with Crippen molar-refractivity contribution in [2.24, 2.45) is 0 Å². The van der Waals surface area contributed by atoms with Crippen LogP contribution in [0.4, 0.5) is 0 Å². The predicted octanol–water partition coefficient (Wildman–Crippen LogP) is 6.90. The summed E-state index contributed by atoms with van der Waals surface area (Å²) in [6.07, 6.45) is 3.35. The number of ether oxygens (including phenoxy) is 1. The Morgan fingerprint density at radius 2 is 1.39 bits per heavy atom. The van der Waals surface area contributed by atoms with Crippen molar-refractivity contribution in [3.8, 4) is 0 Å². The molecule has 0 bridgehead atoms. The fraction of sp³-hybridized carbons (Fsp3) is 0.417. The second-order valence-corrected chi connectivity index (χ2v) is 5.18. The minimum Gasteiger partial charge on any atom is -0.358 e. The van der Waals surface area contributed by atoms with Gasteiger partial charge in [0.05, 0.1) is 13.0 Å². The van der Waals surface area contributed by atoms with Crippen LogP contribution in [0, 0.1) is 7.43 Å². The van der Waals surface area contributed by atoms with Gasteiger partial charge in [-0.2, -0.15) is 4.57 Å². The van der Waals surface area contributed by atoms with Gasteiger partial charge in [-0.15, -0.1) is 0 Å². The molecular formula is C24H37NOY2. The van der Waals surface area contributed by atoms with Crippen LogP contribution in [0.1, 0.15) is 60.4 Å². The first-order valence-electron chi connectivity index (χ1n) is 9.80. The number of pyridine rings is 1. The van der Waals surface area contributed by atoms with E-state index in [9.17, 15) is 0 Å². The van der Waals surface area contributed by atoms with Gasteiger partial charge in [0, 0.05) is 89.2 Å². The summed E-state index contributed by atoms with van der Waals surface area (Å²) in [5.74, 6) is 0. The van der Waals surface area contributed by atoms with Gasteiger partial charge in [0.1, 0.15) is 0 Å². The summed E-state index contributed by atoms with van der Waals surface area (Å²) in [7, 11) is 0. The number of aromatic nitrogens is 1. The van der Waals surface area contributed by atoms with Crippen LogP contribution in [0.2, 0.25) is 0 Å². The molecule has 0 N–H and O–H groups in total. The molecule has 2 heterocycles. The second-order valence-electron chi connectivity index (χ2n) is 5.18. The molecule has 2 radical (unpaired) electrons. The molecule has 0 spiro atoms. The van der Waals surface area contributed by atoms with Crippen LogP contribution >= 0.6 is 0 Å². The Kier molecular flexibility index (Phi) is 21.3. The molecule has 0 amide bonds. The van der Waals surface area contributed by atoms with Gasteiger partial charge >= 0.3 is 0 Å². The average Bonchev–Trinajstić information content (AvgIpc) is 2.72. The van der Waals surface area contributed by atoms with E-state index >= 15 is 0 Å². The van der Waals surface area contributed by atoms with E-state index in [1.54, 1.807) is 0 Å². The summed E-state index contributed by atoms with van der Waals surface area (Å²) in [5.41, 5.74) is 1.36. The fourth-order valence-electron chi connectivity index (χ4n) is 3.01. The Morgan fingerprint density at radius 3 is 2.04 bits per heavy atom. The van der Waals surface area contributed by atoms with Crippen molar-refractivity contribution in [1.82, 2.24) is 0 Å². The molecule has 1 aliphatic rings. The summed E-state index contributed by atoms with van der Waals surface area (Å²) in [6, 6.07) is 15.3. The van der Waals surface area contributed by atoms with E-state index in [1.165, 1.54) is 27.2 Å². The predicted molar refractivity (Wildman–Crippen MR) is 116 cm³/mol. The van der Waals surface area contributed by atoms with Crippen molar-refractivity contribution in [2.75, 3.05) is 6.61 Å². The van der Waals surface area contributed by atoms with E-state index in [0.29, 0.717) is 0 Å². The van der Waals surface area contributed by atoms with E-state index in [4.69, 9.17) is 4.74 Å². The Bertz CT molecular complexity index is 790. The molecule has 3 aromatic rings. The van der Waals surface area contributed by atoms with Gasteiger partial charge in [-0.05, 0) is 16.8 Å². The van der Waals surface area contributed by atoms with Crippen LogP contribution in [0.3, 0.4) is 0 Å². The Morgan fingerprint density at radius 1 is 0.821 bits per heavy atom. The number of benzene rings is 2. The van der Waals surface area contributed by atoms with Crippen LogP contribution in [-0.2, 0) is 76.6 Å². The molecule has 0 fully saturated rings. The summed E-state index contributed by atoms with van der Waals surface area (Å²) in [6.45, 7) is 14.9. The van der Waals surface area contributed by atoms with E-state index < -0.39 is 0 Å². The molecule has 4 heteroatoms. The second kappa shape index (κ2) is 18.1. The van der Waals surface area contributed by atoms with Crippen molar-refractivity contribution >= 4 is 21.5 Å².